The van der Waals surface area contributed by atoms with Gasteiger partial charge in [0.25, 0.3) is 10.0 Å². The van der Waals surface area contributed by atoms with E-state index in [0.717, 1.165) is 24.8 Å². The molecule has 176 valence electrons. The molecule has 1 unspecified atom stereocenters. The average molecular weight is 483 g/mol. The number of nitrogens with two attached hydrogens (primary N) is 1. The highest BCUT2D eigenvalue weighted by molar-refractivity contribution is 7.90. The number of piperidine rings is 1. The van der Waals surface area contributed by atoms with Crippen molar-refractivity contribution in [3.8, 4) is 0 Å². The lowest BCUT2D eigenvalue weighted by Crippen LogP contribution is -2.61. The lowest BCUT2D eigenvalue weighted by atomic mass is 9.73. The van der Waals surface area contributed by atoms with Crippen LogP contribution in [-0.4, -0.2) is 36.9 Å². The number of carbonyl (C=O) groups excluding carboxylic acids is 2. The lowest BCUT2D eigenvalue weighted by Gasteiger charge is -2.45. The van der Waals surface area contributed by atoms with E-state index >= 15 is 0 Å². The van der Waals surface area contributed by atoms with Crippen molar-refractivity contribution in [3.63, 3.8) is 0 Å². The number of amidine groups is 1. The lowest BCUT2D eigenvalue weighted by molar-refractivity contribution is -0.153. The largest absolute Gasteiger partial charge is 0.399 e. The van der Waals surface area contributed by atoms with Crippen LogP contribution < -0.4 is 11.1 Å². The predicted molar refractivity (Wildman–Crippen MR) is 123 cm³/mol. The van der Waals surface area contributed by atoms with Crippen LogP contribution in [0.25, 0.3) is 0 Å². The van der Waals surface area contributed by atoms with Gasteiger partial charge in [-0.25, -0.2) is 4.39 Å². The molecule has 2 saturated carbocycles. The average Bonchev–Trinajstić information content (AvgIpc) is 3.40. The van der Waals surface area contributed by atoms with Gasteiger partial charge in [-0.2, -0.15) is 8.42 Å². The number of hydrogen-bond acceptors (Lipinski definition) is 6. The molecule has 6 rings (SSSR count). The summed E-state index contributed by atoms with van der Waals surface area (Å²) in [6.45, 7) is 0.223. The van der Waals surface area contributed by atoms with Gasteiger partial charge in [-0.05, 0) is 67.0 Å². The van der Waals surface area contributed by atoms with Crippen LogP contribution in [0.2, 0.25) is 0 Å². The summed E-state index contributed by atoms with van der Waals surface area (Å²) in [4.78, 5) is 29.1. The number of hydrogen-bond donors (Lipinski definition) is 2. The highest BCUT2D eigenvalue weighted by Crippen LogP contribution is 2.54. The number of Topliss-reactive ketones (excluding diaryl/α,β-unsaturated/α-hetero) is 1. The highest BCUT2D eigenvalue weighted by atomic mass is 32.2. The molecule has 0 spiro atoms. The zero-order valence-corrected chi connectivity index (χ0v) is 19.0. The Kier molecular flexibility index (Phi) is 4.61. The van der Waals surface area contributed by atoms with Gasteiger partial charge in [-0.3, -0.25) is 9.59 Å². The number of amides is 1. The fourth-order valence-electron chi connectivity index (χ4n) is 6.28. The van der Waals surface area contributed by atoms with E-state index in [9.17, 15) is 22.4 Å². The van der Waals surface area contributed by atoms with E-state index in [0.29, 0.717) is 0 Å². The van der Waals surface area contributed by atoms with Crippen molar-refractivity contribution in [2.75, 3.05) is 11.1 Å². The quantitative estimate of drug-likeness (QED) is 0.512. The van der Waals surface area contributed by atoms with Gasteiger partial charge in [0, 0.05) is 24.2 Å². The summed E-state index contributed by atoms with van der Waals surface area (Å²) in [6.07, 6.45) is 2.75. The summed E-state index contributed by atoms with van der Waals surface area (Å²) in [5.41, 5.74) is 6.99. The summed E-state index contributed by atoms with van der Waals surface area (Å²) in [5.74, 6) is -2.56. The number of likely N-dealkylation sites (tertiary alicyclic amines) is 1. The number of ketones is 1. The molecule has 1 amide bonds. The molecule has 4 aliphatic rings. The third-order valence-electron chi connectivity index (χ3n) is 7.68. The number of sulfonamides is 1. The number of anilines is 2. The smallest absolute Gasteiger partial charge is 0.286 e. The van der Waals surface area contributed by atoms with Gasteiger partial charge >= 0.3 is 0 Å². The minimum absolute atomic E-state index is 0.0899. The molecule has 3 N–H and O–H groups in total. The van der Waals surface area contributed by atoms with Crippen molar-refractivity contribution in [3.05, 3.63) is 53.8 Å². The number of nitrogens with zero attached hydrogens (tertiary/aromatic N) is 2. The van der Waals surface area contributed by atoms with Gasteiger partial charge in [0.05, 0.1) is 5.69 Å². The molecule has 8 nitrogen and oxygen atoms in total. The van der Waals surface area contributed by atoms with Crippen LogP contribution in [-0.2, 0) is 26.2 Å². The third-order valence-corrected chi connectivity index (χ3v) is 9.01. The molecule has 3 fully saturated rings. The first-order valence-corrected chi connectivity index (χ1v) is 12.8. The minimum Gasteiger partial charge on any atom is -0.399 e. The second-order valence-corrected chi connectivity index (χ2v) is 11.2. The van der Waals surface area contributed by atoms with Gasteiger partial charge in [-0.1, -0.05) is 12.1 Å². The monoisotopic (exact) mass is 482 g/mol. The van der Waals surface area contributed by atoms with Crippen LogP contribution in [0, 0.1) is 29.5 Å². The maximum atomic E-state index is 13.8. The van der Waals surface area contributed by atoms with Gasteiger partial charge in [-0.15, -0.1) is 4.40 Å². The van der Waals surface area contributed by atoms with Crippen LogP contribution in [0.4, 0.5) is 15.8 Å². The molecule has 2 aliphatic heterocycles. The molecule has 2 heterocycles. The predicted octanol–water partition coefficient (Wildman–Crippen LogP) is 2.56. The number of nitrogen functional groups attached to an aromatic ring is 1. The van der Waals surface area contributed by atoms with Crippen molar-refractivity contribution in [2.45, 2.75) is 36.7 Å². The topological polar surface area (TPSA) is 122 Å². The van der Waals surface area contributed by atoms with E-state index in [1.165, 1.54) is 24.3 Å². The van der Waals surface area contributed by atoms with Gasteiger partial charge in [0.15, 0.2) is 11.7 Å². The molecular formula is C24H23FN4O4S. The van der Waals surface area contributed by atoms with Crippen LogP contribution in [0.3, 0.4) is 0 Å². The fourth-order valence-corrected chi connectivity index (χ4v) is 7.47. The molecule has 34 heavy (non-hydrogen) atoms. The minimum atomic E-state index is -4.14. The molecule has 2 bridgehead atoms. The van der Waals surface area contributed by atoms with E-state index in [1.54, 1.807) is 23.1 Å². The van der Waals surface area contributed by atoms with Crippen molar-refractivity contribution in [1.82, 2.24) is 4.90 Å². The highest BCUT2D eigenvalue weighted by Gasteiger charge is 2.60. The van der Waals surface area contributed by atoms with Gasteiger partial charge in [0.2, 0.25) is 5.91 Å². The Hall–Kier alpha value is -3.27. The van der Waals surface area contributed by atoms with E-state index in [1.807, 2.05) is 0 Å². The van der Waals surface area contributed by atoms with E-state index in [-0.39, 0.29) is 64.0 Å². The first-order chi connectivity index (χ1) is 16.2. The molecule has 5 atom stereocenters. The molecule has 2 aromatic rings. The second-order valence-electron chi connectivity index (χ2n) is 9.61. The fraction of sp³-hybridized carbons (Fsp3) is 0.375. The zero-order valence-electron chi connectivity index (χ0n) is 18.1. The summed E-state index contributed by atoms with van der Waals surface area (Å²) >= 11 is 0. The van der Waals surface area contributed by atoms with Gasteiger partial charge in [0.1, 0.15) is 16.5 Å². The number of carbonyl (C=O) groups is 2. The summed E-state index contributed by atoms with van der Waals surface area (Å²) < 4.78 is 43.1. The molecule has 2 aromatic carbocycles. The molecule has 0 aromatic heterocycles. The van der Waals surface area contributed by atoms with Crippen LogP contribution >= 0.6 is 0 Å². The Labute approximate surface area is 196 Å². The molecular weight excluding hydrogens is 459 g/mol. The summed E-state index contributed by atoms with van der Waals surface area (Å²) in [5, 5.41) is 2.92. The Bertz CT molecular complexity index is 1360. The van der Waals surface area contributed by atoms with E-state index in [2.05, 4.69) is 9.71 Å². The number of nitrogens with one attached hydrogen (secondary N) is 1. The van der Waals surface area contributed by atoms with Crippen molar-refractivity contribution in [2.24, 2.45) is 28.1 Å². The van der Waals surface area contributed by atoms with Crippen molar-refractivity contribution < 1.29 is 22.4 Å². The SMILES string of the molecule is Nc1ccc2c(c1)S(=O)(=O)N=C(C1C(=O)[C@@H]3[C@H]4CC[C@H](C4)[C@@H]3N(Cc3ccc(F)cc3)C1=O)N2. The molecule has 2 aliphatic carbocycles. The number of fused-ring (bicyclic) bond motifs is 6. The zero-order chi connectivity index (χ0) is 23.8. The van der Waals surface area contributed by atoms with Gasteiger partial charge < -0.3 is 16.0 Å². The number of halogens is 1. The Morgan fingerprint density at radius 2 is 1.82 bits per heavy atom. The molecule has 0 radical (unpaired) electrons. The maximum Gasteiger partial charge on any atom is 0.286 e. The Morgan fingerprint density at radius 3 is 2.59 bits per heavy atom. The summed E-state index contributed by atoms with van der Waals surface area (Å²) in [7, 11) is -4.14. The third kappa shape index (κ3) is 3.15. The maximum absolute atomic E-state index is 13.8. The molecule has 1 saturated heterocycles. The standard InChI is InChI=1S/C24H23FN4O4S/c25-15-5-1-12(2-6-15)11-29-21-14-4-3-13(9-14)19(21)22(30)20(24(29)31)23-27-17-8-7-16(26)10-18(17)34(32,33)28-23/h1-2,5-8,10,13-14,19-21H,3-4,9,11,26H2,(H,27,28)/t13-,14+,19+,20?,21-/m0/s1. The Morgan fingerprint density at radius 1 is 1.09 bits per heavy atom. The van der Waals surface area contributed by atoms with E-state index < -0.39 is 21.8 Å². The summed E-state index contributed by atoms with van der Waals surface area (Å²) in [6, 6.07) is 10.0. The number of benzene rings is 2. The first-order valence-electron chi connectivity index (χ1n) is 11.3. The van der Waals surface area contributed by atoms with Crippen LogP contribution in [0.1, 0.15) is 24.8 Å². The van der Waals surface area contributed by atoms with Crippen LogP contribution in [0.15, 0.2) is 51.8 Å². The normalized spacial score (nSPS) is 31.0. The molecule has 10 heteroatoms. The Balaban J connectivity index is 1.41. The van der Waals surface area contributed by atoms with Crippen molar-refractivity contribution in [1.29, 1.82) is 0 Å². The number of rotatable bonds is 3. The van der Waals surface area contributed by atoms with E-state index in [4.69, 9.17) is 5.73 Å². The van der Waals surface area contributed by atoms with Crippen LogP contribution in [0.5, 0.6) is 0 Å². The first kappa shape index (κ1) is 21.3. The second kappa shape index (κ2) is 7.36. The van der Waals surface area contributed by atoms with Crippen molar-refractivity contribution >= 4 is 38.9 Å².